The third kappa shape index (κ3) is 3.55. The lowest BCUT2D eigenvalue weighted by Gasteiger charge is -2.16. The summed E-state index contributed by atoms with van der Waals surface area (Å²) in [5, 5.41) is 22.6. The molecule has 4 aromatic rings. The fraction of sp³-hybridized carbons (Fsp3) is 0.148. The van der Waals surface area contributed by atoms with Crippen LogP contribution in [0.5, 0.6) is 17.4 Å². The summed E-state index contributed by atoms with van der Waals surface area (Å²) in [7, 11) is 0. The van der Waals surface area contributed by atoms with Crippen molar-refractivity contribution in [1.29, 1.82) is 5.26 Å². The number of Topliss-reactive ketones (excluding diaryl/α,β-unsaturated/α-hetero) is 1. The van der Waals surface area contributed by atoms with Gasteiger partial charge in [0.25, 0.3) is 5.56 Å². The van der Waals surface area contributed by atoms with Crippen LogP contribution in [0.15, 0.2) is 65.5 Å². The summed E-state index contributed by atoms with van der Waals surface area (Å²) in [4.78, 5) is 26.4. The molecular formula is C27H20N2O5. The van der Waals surface area contributed by atoms with Gasteiger partial charge in [-0.15, -0.1) is 0 Å². The van der Waals surface area contributed by atoms with E-state index < -0.39 is 11.4 Å². The minimum atomic E-state index is -0.656. The van der Waals surface area contributed by atoms with Gasteiger partial charge in [0.05, 0.1) is 12.1 Å². The van der Waals surface area contributed by atoms with Crippen LogP contribution in [0.2, 0.25) is 0 Å². The highest BCUT2D eigenvalue weighted by atomic mass is 16.7. The van der Waals surface area contributed by atoms with Crippen molar-refractivity contribution in [2.75, 3.05) is 6.79 Å². The molecular weight excluding hydrogens is 432 g/mol. The maximum Gasteiger partial charge on any atom is 0.271 e. The topological polar surface area (TPSA) is 102 Å². The lowest BCUT2D eigenvalue weighted by molar-refractivity contribution is 0.0988. The highest BCUT2D eigenvalue weighted by Gasteiger charge is 2.25. The normalized spacial score (nSPS) is 12.0. The Hall–Kier alpha value is -4.57. The molecule has 7 nitrogen and oxygen atoms in total. The molecule has 1 N–H and O–H groups in total. The molecule has 0 aliphatic carbocycles. The van der Waals surface area contributed by atoms with Crippen LogP contribution in [0.1, 0.15) is 32.6 Å². The number of ketones is 1. The van der Waals surface area contributed by atoms with Crippen LogP contribution in [0, 0.1) is 18.3 Å². The number of ether oxygens (including phenoxy) is 2. The van der Waals surface area contributed by atoms with Crippen LogP contribution in [-0.2, 0) is 13.0 Å². The van der Waals surface area contributed by atoms with E-state index in [1.165, 1.54) is 6.92 Å². The molecule has 1 aliphatic heterocycles. The molecule has 0 atom stereocenters. The van der Waals surface area contributed by atoms with Gasteiger partial charge in [-0.1, -0.05) is 48.5 Å². The first-order chi connectivity index (χ1) is 16.5. The summed E-state index contributed by atoms with van der Waals surface area (Å²) in [6.45, 7) is 1.59. The van der Waals surface area contributed by atoms with Gasteiger partial charge in [0.2, 0.25) is 12.7 Å². The summed E-state index contributed by atoms with van der Waals surface area (Å²) in [5.74, 6) is 0.296. The smallest absolute Gasteiger partial charge is 0.271 e. The van der Waals surface area contributed by atoms with Crippen LogP contribution in [-0.4, -0.2) is 22.2 Å². The maximum atomic E-state index is 13.4. The maximum absolute atomic E-state index is 13.4. The molecule has 5 rings (SSSR count). The van der Waals surface area contributed by atoms with Crippen molar-refractivity contribution in [3.05, 3.63) is 98.8 Å². The van der Waals surface area contributed by atoms with E-state index in [0.717, 1.165) is 20.9 Å². The summed E-state index contributed by atoms with van der Waals surface area (Å²) in [6, 6.07) is 20.5. The predicted octanol–water partition coefficient (Wildman–Crippen LogP) is 4.09. The zero-order chi connectivity index (χ0) is 23.8. The van der Waals surface area contributed by atoms with Gasteiger partial charge in [-0.05, 0) is 46.5 Å². The molecule has 0 unspecified atom stereocenters. The van der Waals surface area contributed by atoms with Gasteiger partial charge in [-0.2, -0.15) is 5.26 Å². The molecule has 3 aromatic carbocycles. The van der Waals surface area contributed by atoms with Crippen LogP contribution < -0.4 is 15.0 Å². The Labute approximate surface area is 195 Å². The Balaban J connectivity index is 1.57. The van der Waals surface area contributed by atoms with E-state index in [0.29, 0.717) is 17.1 Å². The standard InChI is InChI=1S/C27H20N2O5/c1-16-21(13-28)26(31)29(14-17-9-10-23-24(11-17)34-15-33-23)27(32)25(16)22(30)12-19-7-4-6-18-5-2-3-8-20(18)19/h2-11,32H,12,14-15H2,1H3. The lowest BCUT2D eigenvalue weighted by atomic mass is 9.94. The van der Waals surface area contributed by atoms with E-state index in [1.807, 2.05) is 48.5 Å². The molecule has 0 radical (unpaired) electrons. The lowest BCUT2D eigenvalue weighted by Crippen LogP contribution is -2.27. The average molecular weight is 452 g/mol. The molecule has 0 bridgehead atoms. The van der Waals surface area contributed by atoms with Gasteiger partial charge in [0, 0.05) is 6.42 Å². The monoisotopic (exact) mass is 452 g/mol. The molecule has 1 aromatic heterocycles. The number of nitriles is 1. The van der Waals surface area contributed by atoms with Crippen molar-refractivity contribution in [2.45, 2.75) is 19.9 Å². The van der Waals surface area contributed by atoms with Crippen molar-refractivity contribution in [3.63, 3.8) is 0 Å². The quantitative estimate of drug-likeness (QED) is 0.458. The molecule has 0 saturated heterocycles. The second kappa shape index (κ2) is 8.41. The van der Waals surface area contributed by atoms with Crippen molar-refractivity contribution >= 4 is 16.6 Å². The minimum absolute atomic E-state index is 0.0167. The molecule has 0 fully saturated rings. The average Bonchev–Trinajstić information content (AvgIpc) is 3.30. The first kappa shape index (κ1) is 21.3. The molecule has 168 valence electrons. The van der Waals surface area contributed by atoms with Crippen LogP contribution >= 0.6 is 0 Å². The Morgan fingerprint density at radius 1 is 1.09 bits per heavy atom. The van der Waals surface area contributed by atoms with E-state index in [4.69, 9.17) is 9.47 Å². The number of hydrogen-bond acceptors (Lipinski definition) is 6. The van der Waals surface area contributed by atoms with Crippen molar-refractivity contribution < 1.29 is 19.4 Å². The third-order valence-electron chi connectivity index (χ3n) is 6.09. The molecule has 1 aliphatic rings. The highest BCUT2D eigenvalue weighted by Crippen LogP contribution is 2.33. The molecule has 0 saturated carbocycles. The summed E-state index contributed by atoms with van der Waals surface area (Å²) in [6.07, 6.45) is 0.0167. The van der Waals surface area contributed by atoms with Crippen molar-refractivity contribution in [3.8, 4) is 23.4 Å². The second-order valence-corrected chi connectivity index (χ2v) is 8.13. The minimum Gasteiger partial charge on any atom is -0.494 e. The van der Waals surface area contributed by atoms with E-state index >= 15 is 0 Å². The van der Waals surface area contributed by atoms with E-state index in [2.05, 4.69) is 0 Å². The van der Waals surface area contributed by atoms with Gasteiger partial charge >= 0.3 is 0 Å². The molecule has 0 spiro atoms. The number of fused-ring (bicyclic) bond motifs is 2. The molecule has 2 heterocycles. The van der Waals surface area contributed by atoms with E-state index in [9.17, 15) is 20.0 Å². The number of pyridine rings is 1. The number of carbonyl (C=O) groups is 1. The molecule has 34 heavy (non-hydrogen) atoms. The largest absolute Gasteiger partial charge is 0.494 e. The fourth-order valence-corrected chi connectivity index (χ4v) is 4.36. The van der Waals surface area contributed by atoms with Crippen LogP contribution in [0.4, 0.5) is 0 Å². The summed E-state index contributed by atoms with van der Waals surface area (Å²) in [5.41, 5.74) is 0.787. The summed E-state index contributed by atoms with van der Waals surface area (Å²) >= 11 is 0. The first-order valence-corrected chi connectivity index (χ1v) is 10.7. The Morgan fingerprint density at radius 3 is 2.68 bits per heavy atom. The summed E-state index contributed by atoms with van der Waals surface area (Å²) < 4.78 is 11.8. The number of carbonyl (C=O) groups excluding carboxylic acids is 1. The first-order valence-electron chi connectivity index (χ1n) is 10.7. The van der Waals surface area contributed by atoms with Gasteiger partial charge in [-0.3, -0.25) is 14.2 Å². The van der Waals surface area contributed by atoms with E-state index in [-0.39, 0.29) is 42.2 Å². The van der Waals surface area contributed by atoms with Crippen molar-refractivity contribution in [1.82, 2.24) is 4.57 Å². The number of aromatic hydroxyl groups is 1. The number of benzene rings is 3. The third-order valence-corrected chi connectivity index (χ3v) is 6.09. The second-order valence-electron chi connectivity index (χ2n) is 8.13. The number of nitrogens with zero attached hydrogens (tertiary/aromatic N) is 2. The Kier molecular flexibility index (Phi) is 5.27. The highest BCUT2D eigenvalue weighted by molar-refractivity contribution is 6.03. The van der Waals surface area contributed by atoms with Gasteiger partial charge in [-0.25, -0.2) is 0 Å². The number of rotatable bonds is 5. The van der Waals surface area contributed by atoms with Crippen LogP contribution in [0.25, 0.3) is 10.8 Å². The SMILES string of the molecule is Cc1c(C(=O)Cc2cccc3ccccc23)c(O)n(Cc2ccc3c(c2)OCO3)c(=O)c1C#N. The fourth-order valence-electron chi connectivity index (χ4n) is 4.36. The number of hydrogen-bond donors (Lipinski definition) is 1. The van der Waals surface area contributed by atoms with E-state index in [1.54, 1.807) is 18.2 Å². The van der Waals surface area contributed by atoms with Crippen LogP contribution in [0.3, 0.4) is 0 Å². The van der Waals surface area contributed by atoms with Gasteiger partial charge < -0.3 is 14.6 Å². The van der Waals surface area contributed by atoms with Gasteiger partial charge in [0.15, 0.2) is 17.3 Å². The number of aromatic nitrogens is 1. The zero-order valence-corrected chi connectivity index (χ0v) is 18.4. The zero-order valence-electron chi connectivity index (χ0n) is 18.4. The predicted molar refractivity (Wildman–Crippen MR) is 125 cm³/mol. The Morgan fingerprint density at radius 2 is 1.85 bits per heavy atom. The van der Waals surface area contributed by atoms with Gasteiger partial charge in [0.1, 0.15) is 11.6 Å². The molecule has 7 heteroatoms. The Bertz CT molecular complexity index is 1560. The molecule has 0 amide bonds. The van der Waals surface area contributed by atoms with Crippen molar-refractivity contribution in [2.24, 2.45) is 0 Å².